The number of hydrogen-bond donors (Lipinski definition) is 0. The van der Waals surface area contributed by atoms with Crippen LogP contribution in [0.1, 0.15) is 11.1 Å². The molecule has 19 heavy (non-hydrogen) atoms. The molecule has 0 fully saturated rings. The Labute approximate surface area is 120 Å². The lowest BCUT2D eigenvalue weighted by molar-refractivity contribution is 0.294. The second-order valence-corrected chi connectivity index (χ2v) is 4.66. The third-order valence-corrected chi connectivity index (χ3v) is 3.43. The SMILES string of the molecule is C#CCN1Cc2ccccc2-c2ccccc2C1.Cl. The first-order chi connectivity index (χ1) is 8.88. The van der Waals surface area contributed by atoms with Gasteiger partial charge >= 0.3 is 0 Å². The van der Waals surface area contributed by atoms with Gasteiger partial charge in [0.05, 0.1) is 6.54 Å². The van der Waals surface area contributed by atoms with Gasteiger partial charge in [-0.15, -0.1) is 18.8 Å². The average Bonchev–Trinajstić information content (AvgIpc) is 2.55. The van der Waals surface area contributed by atoms with Crippen LogP contribution < -0.4 is 0 Å². The van der Waals surface area contributed by atoms with E-state index in [1.54, 1.807) is 0 Å². The van der Waals surface area contributed by atoms with Crippen LogP contribution in [-0.2, 0) is 13.1 Å². The van der Waals surface area contributed by atoms with Crippen LogP contribution in [0.5, 0.6) is 0 Å². The lowest BCUT2D eigenvalue weighted by Crippen LogP contribution is -2.21. The summed E-state index contributed by atoms with van der Waals surface area (Å²) in [6, 6.07) is 17.2. The minimum Gasteiger partial charge on any atom is -0.284 e. The number of terminal acetylenes is 1. The van der Waals surface area contributed by atoms with E-state index in [2.05, 4.69) is 59.4 Å². The highest BCUT2D eigenvalue weighted by Crippen LogP contribution is 2.31. The van der Waals surface area contributed by atoms with Crippen molar-refractivity contribution in [2.24, 2.45) is 0 Å². The van der Waals surface area contributed by atoms with Crippen molar-refractivity contribution in [3.8, 4) is 23.5 Å². The number of benzene rings is 2. The fourth-order valence-electron chi connectivity index (χ4n) is 2.62. The first-order valence-corrected chi connectivity index (χ1v) is 6.20. The summed E-state index contributed by atoms with van der Waals surface area (Å²) in [5.41, 5.74) is 5.40. The molecule has 0 saturated carbocycles. The van der Waals surface area contributed by atoms with Gasteiger partial charge in [0.2, 0.25) is 0 Å². The third kappa shape index (κ3) is 2.66. The molecule has 1 aliphatic rings. The first-order valence-electron chi connectivity index (χ1n) is 6.20. The zero-order valence-corrected chi connectivity index (χ0v) is 11.5. The van der Waals surface area contributed by atoms with Crippen LogP contribution in [0.2, 0.25) is 0 Å². The molecule has 2 aromatic carbocycles. The largest absolute Gasteiger partial charge is 0.284 e. The van der Waals surface area contributed by atoms with Crippen LogP contribution >= 0.6 is 12.4 Å². The molecule has 0 spiro atoms. The summed E-state index contributed by atoms with van der Waals surface area (Å²) in [7, 11) is 0. The molecule has 1 heterocycles. The van der Waals surface area contributed by atoms with Crippen molar-refractivity contribution in [3.63, 3.8) is 0 Å². The Morgan fingerprint density at radius 2 is 1.37 bits per heavy atom. The van der Waals surface area contributed by atoms with Crippen molar-refractivity contribution in [2.45, 2.75) is 13.1 Å². The van der Waals surface area contributed by atoms with E-state index >= 15 is 0 Å². The summed E-state index contributed by atoms with van der Waals surface area (Å²) >= 11 is 0. The molecule has 96 valence electrons. The molecule has 1 aliphatic heterocycles. The lowest BCUT2D eigenvalue weighted by atomic mass is 9.97. The molecule has 2 aromatic rings. The molecular formula is C17H16ClN. The summed E-state index contributed by atoms with van der Waals surface area (Å²) in [4.78, 5) is 2.31. The monoisotopic (exact) mass is 269 g/mol. The second-order valence-electron chi connectivity index (χ2n) is 4.66. The Bertz CT molecular complexity index is 565. The van der Waals surface area contributed by atoms with Gasteiger partial charge in [0.25, 0.3) is 0 Å². The highest BCUT2D eigenvalue weighted by molar-refractivity contribution is 5.85. The topological polar surface area (TPSA) is 3.24 Å². The van der Waals surface area contributed by atoms with E-state index < -0.39 is 0 Å². The predicted octanol–water partition coefficient (Wildman–Crippen LogP) is 3.72. The molecule has 0 N–H and O–H groups in total. The standard InChI is InChI=1S/C17H15N.ClH/c1-2-11-18-12-14-7-3-5-9-16(14)17-10-6-4-8-15(17)13-18;/h1,3-10H,11-13H2;1H. The summed E-state index contributed by atoms with van der Waals surface area (Å²) in [5.74, 6) is 2.75. The summed E-state index contributed by atoms with van der Waals surface area (Å²) in [6.45, 7) is 2.55. The van der Waals surface area contributed by atoms with Gasteiger partial charge in [-0.2, -0.15) is 0 Å². The van der Waals surface area contributed by atoms with Crippen LogP contribution in [0.15, 0.2) is 48.5 Å². The molecule has 0 unspecified atom stereocenters. The van der Waals surface area contributed by atoms with Crippen molar-refractivity contribution < 1.29 is 0 Å². The van der Waals surface area contributed by atoms with Gasteiger partial charge in [-0.05, 0) is 22.3 Å². The molecule has 3 rings (SSSR count). The van der Waals surface area contributed by atoms with Crippen LogP contribution in [0, 0.1) is 12.3 Å². The fraction of sp³-hybridized carbons (Fsp3) is 0.176. The van der Waals surface area contributed by atoms with Gasteiger partial charge in [0.1, 0.15) is 0 Å². The number of nitrogens with zero attached hydrogens (tertiary/aromatic N) is 1. The zero-order valence-electron chi connectivity index (χ0n) is 10.7. The second kappa shape index (κ2) is 5.93. The molecule has 0 radical (unpaired) electrons. The first kappa shape index (κ1) is 13.7. The van der Waals surface area contributed by atoms with Gasteiger partial charge in [-0.3, -0.25) is 4.90 Å². The summed E-state index contributed by atoms with van der Waals surface area (Å²) in [5, 5.41) is 0. The highest BCUT2D eigenvalue weighted by Gasteiger charge is 2.17. The number of halogens is 1. The zero-order chi connectivity index (χ0) is 12.4. The molecular weight excluding hydrogens is 254 g/mol. The van der Waals surface area contributed by atoms with Crippen molar-refractivity contribution in [1.82, 2.24) is 4.90 Å². The minimum atomic E-state index is 0. The van der Waals surface area contributed by atoms with Crippen molar-refractivity contribution in [2.75, 3.05) is 6.54 Å². The van der Waals surface area contributed by atoms with E-state index in [0.29, 0.717) is 6.54 Å². The van der Waals surface area contributed by atoms with E-state index in [-0.39, 0.29) is 12.4 Å². The number of fused-ring (bicyclic) bond motifs is 3. The number of hydrogen-bond acceptors (Lipinski definition) is 1. The van der Waals surface area contributed by atoms with Crippen LogP contribution in [-0.4, -0.2) is 11.4 Å². The van der Waals surface area contributed by atoms with Gasteiger partial charge in [-0.25, -0.2) is 0 Å². The summed E-state index contributed by atoms with van der Waals surface area (Å²) < 4.78 is 0. The van der Waals surface area contributed by atoms with Crippen LogP contribution in [0.4, 0.5) is 0 Å². The Kier molecular flexibility index (Phi) is 4.27. The van der Waals surface area contributed by atoms with Gasteiger partial charge in [-0.1, -0.05) is 54.5 Å². The predicted molar refractivity (Wildman–Crippen MR) is 82.1 cm³/mol. The molecule has 0 aliphatic carbocycles. The smallest absolute Gasteiger partial charge is 0.0605 e. The van der Waals surface area contributed by atoms with Crippen LogP contribution in [0.25, 0.3) is 11.1 Å². The average molecular weight is 270 g/mol. The van der Waals surface area contributed by atoms with Crippen molar-refractivity contribution in [1.29, 1.82) is 0 Å². The normalized spacial score (nSPS) is 13.4. The Hall–Kier alpha value is -1.75. The molecule has 1 nitrogen and oxygen atoms in total. The van der Waals surface area contributed by atoms with Crippen molar-refractivity contribution in [3.05, 3.63) is 59.7 Å². The maximum Gasteiger partial charge on any atom is 0.0605 e. The molecule has 0 amide bonds. The van der Waals surface area contributed by atoms with Gasteiger partial charge in [0, 0.05) is 13.1 Å². The molecule has 2 heteroatoms. The molecule has 0 aromatic heterocycles. The van der Waals surface area contributed by atoms with Gasteiger partial charge < -0.3 is 0 Å². The fourth-order valence-corrected chi connectivity index (χ4v) is 2.62. The van der Waals surface area contributed by atoms with Gasteiger partial charge in [0.15, 0.2) is 0 Å². The van der Waals surface area contributed by atoms with E-state index in [1.165, 1.54) is 22.3 Å². The molecule has 0 saturated heterocycles. The van der Waals surface area contributed by atoms with E-state index in [1.807, 2.05) is 0 Å². The lowest BCUT2D eigenvalue weighted by Gasteiger charge is -2.17. The minimum absolute atomic E-state index is 0. The quantitative estimate of drug-likeness (QED) is 0.713. The summed E-state index contributed by atoms with van der Waals surface area (Å²) in [6.07, 6.45) is 5.46. The van der Waals surface area contributed by atoms with E-state index in [4.69, 9.17) is 6.42 Å². The Morgan fingerprint density at radius 1 is 0.895 bits per heavy atom. The molecule has 0 atom stereocenters. The molecule has 0 bridgehead atoms. The Morgan fingerprint density at radius 3 is 1.84 bits per heavy atom. The maximum atomic E-state index is 5.46. The Balaban J connectivity index is 0.00000133. The van der Waals surface area contributed by atoms with Crippen LogP contribution in [0.3, 0.4) is 0 Å². The maximum absolute atomic E-state index is 5.46. The number of rotatable bonds is 1. The highest BCUT2D eigenvalue weighted by atomic mass is 35.5. The van der Waals surface area contributed by atoms with E-state index in [9.17, 15) is 0 Å². The third-order valence-electron chi connectivity index (χ3n) is 3.43. The van der Waals surface area contributed by atoms with E-state index in [0.717, 1.165) is 13.1 Å². The van der Waals surface area contributed by atoms with Crippen molar-refractivity contribution >= 4 is 12.4 Å².